The van der Waals surface area contributed by atoms with Gasteiger partial charge >= 0.3 is 0 Å². The highest BCUT2D eigenvalue weighted by molar-refractivity contribution is 7.89. The first-order valence-electron chi connectivity index (χ1n) is 7.89. The summed E-state index contributed by atoms with van der Waals surface area (Å²) in [5.74, 6) is -1.07. The van der Waals surface area contributed by atoms with Crippen LogP contribution in [0.1, 0.15) is 18.4 Å². The summed E-state index contributed by atoms with van der Waals surface area (Å²) < 4.78 is 26.3. The number of benzene rings is 2. The maximum atomic E-state index is 12.8. The van der Waals surface area contributed by atoms with Crippen molar-refractivity contribution in [1.82, 2.24) is 4.31 Å². The lowest BCUT2D eigenvalue weighted by molar-refractivity contribution is -0.128. The first-order chi connectivity index (χ1) is 11.9. The quantitative estimate of drug-likeness (QED) is 0.909. The highest BCUT2D eigenvalue weighted by Crippen LogP contribution is 2.28. The van der Waals surface area contributed by atoms with Crippen molar-refractivity contribution in [1.29, 1.82) is 0 Å². The lowest BCUT2D eigenvalue weighted by Crippen LogP contribution is -2.45. The van der Waals surface area contributed by atoms with Gasteiger partial charge in [0.25, 0.3) is 10.0 Å². The van der Waals surface area contributed by atoms with Gasteiger partial charge in [0.1, 0.15) is 6.04 Å². The van der Waals surface area contributed by atoms with Crippen LogP contribution >= 0.6 is 0 Å². The molecule has 1 aliphatic heterocycles. The van der Waals surface area contributed by atoms with E-state index in [1.807, 2.05) is 13.0 Å². The fourth-order valence-corrected chi connectivity index (χ4v) is 4.48. The zero-order chi connectivity index (χ0) is 18.0. The van der Waals surface area contributed by atoms with E-state index in [-0.39, 0.29) is 17.7 Å². The predicted molar refractivity (Wildman–Crippen MR) is 93.3 cm³/mol. The Morgan fingerprint density at radius 1 is 1.12 bits per heavy atom. The molecule has 1 aliphatic rings. The van der Waals surface area contributed by atoms with Crippen LogP contribution in [0, 0.1) is 6.92 Å². The molecule has 0 spiro atoms. The van der Waals surface area contributed by atoms with Crippen molar-refractivity contribution < 1.29 is 18.0 Å². The number of hydrogen-bond donors (Lipinski definition) is 1. The third-order valence-electron chi connectivity index (χ3n) is 4.05. The predicted octanol–water partition coefficient (Wildman–Crippen LogP) is 2.31. The Morgan fingerprint density at radius 3 is 2.52 bits per heavy atom. The lowest BCUT2D eigenvalue weighted by Gasteiger charge is -2.23. The van der Waals surface area contributed by atoms with E-state index >= 15 is 0 Å². The monoisotopic (exact) mass is 358 g/mol. The van der Waals surface area contributed by atoms with Gasteiger partial charge < -0.3 is 5.32 Å². The Balaban J connectivity index is 1.88. The van der Waals surface area contributed by atoms with Crippen LogP contribution in [0.3, 0.4) is 0 Å². The van der Waals surface area contributed by atoms with Crippen LogP contribution in [0.25, 0.3) is 0 Å². The summed E-state index contributed by atoms with van der Waals surface area (Å²) in [7, 11) is -4.06. The van der Waals surface area contributed by atoms with Gasteiger partial charge in [-0.15, -0.1) is 0 Å². The molecule has 2 aromatic rings. The molecule has 3 rings (SSSR count). The molecule has 0 aromatic heterocycles. The average molecular weight is 358 g/mol. The van der Waals surface area contributed by atoms with E-state index in [1.54, 1.807) is 36.4 Å². The number of nitrogens with zero attached hydrogens (tertiary/aromatic N) is 1. The molecule has 25 heavy (non-hydrogen) atoms. The molecule has 2 aromatic carbocycles. The maximum Gasteiger partial charge on any atom is 0.267 e. The van der Waals surface area contributed by atoms with E-state index in [0.717, 1.165) is 5.56 Å². The summed E-state index contributed by atoms with van der Waals surface area (Å²) in [4.78, 5) is 24.8. The van der Waals surface area contributed by atoms with Gasteiger partial charge in [-0.25, -0.2) is 12.7 Å². The molecule has 7 heteroatoms. The summed E-state index contributed by atoms with van der Waals surface area (Å²) in [5.41, 5.74) is 1.54. The highest BCUT2D eigenvalue weighted by atomic mass is 32.2. The number of nitrogens with one attached hydrogen (secondary N) is 1. The van der Waals surface area contributed by atoms with Gasteiger partial charge in [-0.1, -0.05) is 30.3 Å². The Labute approximate surface area is 146 Å². The minimum Gasteiger partial charge on any atom is -0.324 e. The largest absolute Gasteiger partial charge is 0.324 e. The molecule has 0 radical (unpaired) electrons. The molecule has 0 aliphatic carbocycles. The number of anilines is 1. The molecule has 1 atom stereocenters. The highest BCUT2D eigenvalue weighted by Gasteiger charge is 2.44. The molecule has 130 valence electrons. The average Bonchev–Trinajstić information content (AvgIpc) is 2.98. The molecule has 2 amide bonds. The molecule has 1 saturated heterocycles. The summed E-state index contributed by atoms with van der Waals surface area (Å²) in [6.07, 6.45) is 0.195. The third-order valence-corrected chi connectivity index (χ3v) is 5.89. The minimum absolute atomic E-state index is 0.00129. The van der Waals surface area contributed by atoms with E-state index in [4.69, 9.17) is 0 Å². The van der Waals surface area contributed by atoms with Gasteiger partial charge in [0.2, 0.25) is 11.8 Å². The van der Waals surface area contributed by atoms with E-state index in [0.29, 0.717) is 9.99 Å². The van der Waals surface area contributed by atoms with Crippen LogP contribution < -0.4 is 5.32 Å². The number of rotatable bonds is 4. The number of sulfonamides is 1. The molecule has 6 nitrogen and oxygen atoms in total. The second-order valence-electron chi connectivity index (χ2n) is 5.92. The topological polar surface area (TPSA) is 83.6 Å². The van der Waals surface area contributed by atoms with Crippen LogP contribution in [0.5, 0.6) is 0 Å². The van der Waals surface area contributed by atoms with Gasteiger partial charge in [-0.05, 0) is 43.2 Å². The standard InChI is InChI=1S/C18H18N2O4S/c1-13-6-5-7-14(12-13)19-18(22)16-10-11-17(21)20(16)25(23,24)15-8-3-2-4-9-15/h2-9,12,16H,10-11H2,1H3,(H,19,22)/t16-/m1/s1. The molecular weight excluding hydrogens is 340 g/mol. The van der Waals surface area contributed by atoms with Gasteiger partial charge in [0, 0.05) is 12.1 Å². The zero-order valence-electron chi connectivity index (χ0n) is 13.7. The van der Waals surface area contributed by atoms with Crippen molar-refractivity contribution in [2.45, 2.75) is 30.7 Å². The van der Waals surface area contributed by atoms with Crippen molar-refractivity contribution in [3.63, 3.8) is 0 Å². The molecule has 0 bridgehead atoms. The first-order valence-corrected chi connectivity index (χ1v) is 9.33. The normalized spacial score (nSPS) is 17.6. The van der Waals surface area contributed by atoms with Crippen molar-refractivity contribution in [2.24, 2.45) is 0 Å². The maximum absolute atomic E-state index is 12.8. The van der Waals surface area contributed by atoms with Crippen molar-refractivity contribution in [2.75, 3.05) is 5.32 Å². The second-order valence-corrected chi connectivity index (χ2v) is 7.74. The number of aryl methyl sites for hydroxylation is 1. The Morgan fingerprint density at radius 2 is 1.84 bits per heavy atom. The fraction of sp³-hybridized carbons (Fsp3) is 0.222. The Bertz CT molecular complexity index is 910. The van der Waals surface area contributed by atoms with Gasteiger partial charge in [0.15, 0.2) is 0 Å². The van der Waals surface area contributed by atoms with Crippen molar-refractivity contribution >= 4 is 27.5 Å². The summed E-state index contributed by atoms with van der Waals surface area (Å²) in [6, 6.07) is 13.8. The third kappa shape index (κ3) is 3.41. The summed E-state index contributed by atoms with van der Waals surface area (Å²) >= 11 is 0. The van der Waals surface area contributed by atoms with Crippen LogP contribution in [-0.4, -0.2) is 30.6 Å². The van der Waals surface area contributed by atoms with Crippen molar-refractivity contribution in [3.05, 3.63) is 60.2 Å². The van der Waals surface area contributed by atoms with Crippen LogP contribution in [0.15, 0.2) is 59.5 Å². The van der Waals surface area contributed by atoms with E-state index in [1.165, 1.54) is 12.1 Å². The second kappa shape index (κ2) is 6.68. The number of hydrogen-bond acceptors (Lipinski definition) is 4. The molecular formula is C18H18N2O4S. The van der Waals surface area contributed by atoms with E-state index in [9.17, 15) is 18.0 Å². The molecule has 0 unspecified atom stereocenters. The Hall–Kier alpha value is -2.67. The van der Waals surface area contributed by atoms with Gasteiger partial charge in [-0.3, -0.25) is 9.59 Å². The molecule has 1 fully saturated rings. The van der Waals surface area contributed by atoms with Crippen LogP contribution in [0.4, 0.5) is 5.69 Å². The summed E-state index contributed by atoms with van der Waals surface area (Å²) in [5, 5.41) is 2.70. The lowest BCUT2D eigenvalue weighted by atomic mass is 10.2. The zero-order valence-corrected chi connectivity index (χ0v) is 14.5. The summed E-state index contributed by atoms with van der Waals surface area (Å²) in [6.45, 7) is 1.89. The van der Waals surface area contributed by atoms with E-state index in [2.05, 4.69) is 5.32 Å². The van der Waals surface area contributed by atoms with Gasteiger partial charge in [-0.2, -0.15) is 0 Å². The first kappa shape index (κ1) is 17.2. The number of carbonyl (C=O) groups excluding carboxylic acids is 2. The van der Waals surface area contributed by atoms with Crippen LogP contribution in [0.2, 0.25) is 0 Å². The van der Waals surface area contributed by atoms with Gasteiger partial charge in [0.05, 0.1) is 4.90 Å². The van der Waals surface area contributed by atoms with Crippen molar-refractivity contribution in [3.8, 4) is 0 Å². The SMILES string of the molecule is Cc1cccc(NC(=O)[C@H]2CCC(=O)N2S(=O)(=O)c2ccccc2)c1. The Kier molecular flexibility index (Phi) is 4.59. The fourth-order valence-electron chi connectivity index (χ4n) is 2.86. The molecule has 1 heterocycles. The van der Waals surface area contributed by atoms with Crippen LogP contribution in [-0.2, 0) is 19.6 Å². The minimum atomic E-state index is -4.06. The number of carbonyl (C=O) groups is 2. The molecule has 1 N–H and O–H groups in total. The molecule has 0 saturated carbocycles. The van der Waals surface area contributed by atoms with E-state index < -0.39 is 27.9 Å². The smallest absolute Gasteiger partial charge is 0.267 e. The number of amides is 2.